The topological polar surface area (TPSA) is 0 Å². The number of aryl methyl sites for hydroxylation is 3. The molecule has 0 aromatic heterocycles. The zero-order chi connectivity index (χ0) is 19.7. The van der Waals surface area contributed by atoms with Crippen LogP contribution in [0.3, 0.4) is 0 Å². The lowest BCUT2D eigenvalue weighted by atomic mass is 9.91. The Bertz CT molecular complexity index is 1200. The molecule has 0 spiro atoms. The SMILES string of the molecule is C/C=C/c1ccc(C)cc1.Cc1ccc2ccc3c(C)ccc4ccc1c2c43. The average Bonchev–Trinajstić information content (AvgIpc) is 2.71. The number of hydrogen-bond donors (Lipinski definition) is 0. The van der Waals surface area contributed by atoms with E-state index in [9.17, 15) is 0 Å². The van der Waals surface area contributed by atoms with Crippen LogP contribution in [-0.2, 0) is 0 Å². The van der Waals surface area contributed by atoms with Gasteiger partial charge in [0.1, 0.15) is 0 Å². The van der Waals surface area contributed by atoms with E-state index in [0.29, 0.717) is 0 Å². The van der Waals surface area contributed by atoms with E-state index in [1.165, 1.54) is 54.6 Å². The fraction of sp³-hybridized carbons (Fsp3) is 0.143. The van der Waals surface area contributed by atoms with Gasteiger partial charge in [-0.3, -0.25) is 0 Å². The van der Waals surface area contributed by atoms with Crippen LogP contribution >= 0.6 is 0 Å². The molecule has 5 rings (SSSR count). The molecule has 0 aliphatic heterocycles. The maximum atomic E-state index is 2.26. The van der Waals surface area contributed by atoms with Crippen molar-refractivity contribution in [3.8, 4) is 0 Å². The van der Waals surface area contributed by atoms with E-state index >= 15 is 0 Å². The summed E-state index contributed by atoms with van der Waals surface area (Å²) in [7, 11) is 0. The molecule has 138 valence electrons. The summed E-state index contributed by atoms with van der Waals surface area (Å²) in [4.78, 5) is 0. The van der Waals surface area contributed by atoms with E-state index in [-0.39, 0.29) is 0 Å². The molecule has 5 aromatic rings. The van der Waals surface area contributed by atoms with E-state index in [0.717, 1.165) is 0 Å². The molecule has 0 heterocycles. The Morgan fingerprint density at radius 1 is 0.536 bits per heavy atom. The van der Waals surface area contributed by atoms with Crippen LogP contribution in [0.5, 0.6) is 0 Å². The van der Waals surface area contributed by atoms with Gasteiger partial charge < -0.3 is 0 Å². The van der Waals surface area contributed by atoms with Crippen molar-refractivity contribution in [2.45, 2.75) is 27.7 Å². The molecule has 0 aliphatic carbocycles. The predicted molar refractivity (Wildman–Crippen MR) is 126 cm³/mol. The Kier molecular flexibility index (Phi) is 4.88. The molecule has 0 N–H and O–H groups in total. The monoisotopic (exact) mass is 362 g/mol. The molecule has 28 heavy (non-hydrogen) atoms. The highest BCUT2D eigenvalue weighted by atomic mass is 14.1. The Labute approximate surface area is 167 Å². The van der Waals surface area contributed by atoms with Crippen LogP contribution in [0.25, 0.3) is 38.4 Å². The van der Waals surface area contributed by atoms with E-state index < -0.39 is 0 Å². The van der Waals surface area contributed by atoms with E-state index in [4.69, 9.17) is 0 Å². The summed E-state index contributed by atoms with van der Waals surface area (Å²) >= 11 is 0. The van der Waals surface area contributed by atoms with Gasteiger partial charge in [-0.2, -0.15) is 0 Å². The summed E-state index contributed by atoms with van der Waals surface area (Å²) in [5.41, 5.74) is 5.30. The lowest BCUT2D eigenvalue weighted by Gasteiger charge is -2.13. The van der Waals surface area contributed by atoms with Crippen LogP contribution in [0.2, 0.25) is 0 Å². The fourth-order valence-electron chi connectivity index (χ4n) is 3.96. The van der Waals surface area contributed by atoms with Gasteiger partial charge in [-0.1, -0.05) is 90.5 Å². The maximum absolute atomic E-state index is 2.26. The quantitative estimate of drug-likeness (QED) is 0.263. The van der Waals surface area contributed by atoms with Gasteiger partial charge in [0.25, 0.3) is 0 Å². The predicted octanol–water partition coefficient (Wildman–Crippen LogP) is 8.23. The summed E-state index contributed by atoms with van der Waals surface area (Å²) in [5, 5.41) is 8.31. The molecule has 0 fully saturated rings. The fourth-order valence-corrected chi connectivity index (χ4v) is 3.96. The summed E-state index contributed by atoms with van der Waals surface area (Å²) in [6, 6.07) is 26.4. The molecule has 0 saturated heterocycles. The van der Waals surface area contributed by atoms with Crippen LogP contribution in [0, 0.1) is 20.8 Å². The molecule has 0 bridgehead atoms. The van der Waals surface area contributed by atoms with Crippen LogP contribution in [-0.4, -0.2) is 0 Å². The first-order valence-corrected chi connectivity index (χ1v) is 9.91. The Morgan fingerprint density at radius 2 is 1.00 bits per heavy atom. The van der Waals surface area contributed by atoms with Gasteiger partial charge in [-0.15, -0.1) is 0 Å². The highest BCUT2D eigenvalue weighted by molar-refractivity contribution is 6.24. The molecule has 0 unspecified atom stereocenters. The molecule has 0 radical (unpaired) electrons. The first-order chi connectivity index (χ1) is 13.6. The third kappa shape index (κ3) is 3.27. The van der Waals surface area contributed by atoms with E-state index in [1.54, 1.807) is 0 Å². The molecule has 0 heteroatoms. The number of allylic oxidation sites excluding steroid dienone is 1. The van der Waals surface area contributed by atoms with Crippen LogP contribution in [0.1, 0.15) is 29.2 Å². The minimum Gasteiger partial charge on any atom is -0.0871 e. The van der Waals surface area contributed by atoms with Gasteiger partial charge in [-0.05, 0) is 76.7 Å². The standard InChI is InChI=1S/C18H14.C10H12/c1-11-3-5-13-8-10-16-12(2)4-6-14-7-9-15(11)17(13)18(14)16;1-3-4-10-7-5-9(2)6-8-10/h3-10H,1-2H3;3-8H,1-2H3/b;4-3+. The van der Waals surface area contributed by atoms with Crippen molar-refractivity contribution in [2.75, 3.05) is 0 Å². The minimum absolute atomic E-state index is 1.27. The average molecular weight is 363 g/mol. The van der Waals surface area contributed by atoms with Crippen molar-refractivity contribution in [3.63, 3.8) is 0 Å². The molecule has 0 nitrogen and oxygen atoms in total. The summed E-state index contributed by atoms with van der Waals surface area (Å²) in [5.74, 6) is 0. The van der Waals surface area contributed by atoms with E-state index in [1.807, 2.05) is 13.0 Å². The normalized spacial score (nSPS) is 11.4. The maximum Gasteiger partial charge on any atom is -0.00240 e. The molecule has 0 atom stereocenters. The highest BCUT2D eigenvalue weighted by Gasteiger charge is 2.09. The highest BCUT2D eigenvalue weighted by Crippen LogP contribution is 2.36. The van der Waals surface area contributed by atoms with Gasteiger partial charge in [0.2, 0.25) is 0 Å². The second kappa shape index (κ2) is 7.48. The van der Waals surface area contributed by atoms with Crippen molar-refractivity contribution in [3.05, 3.63) is 101 Å². The van der Waals surface area contributed by atoms with Gasteiger partial charge in [-0.25, -0.2) is 0 Å². The summed E-state index contributed by atoms with van der Waals surface area (Å²) in [6.45, 7) is 8.51. The molecular weight excluding hydrogens is 336 g/mol. The van der Waals surface area contributed by atoms with Gasteiger partial charge in [0.15, 0.2) is 0 Å². The first-order valence-electron chi connectivity index (χ1n) is 9.91. The van der Waals surface area contributed by atoms with Crippen LogP contribution in [0.15, 0.2) is 78.9 Å². The zero-order valence-corrected chi connectivity index (χ0v) is 17.1. The molecule has 0 amide bonds. The van der Waals surface area contributed by atoms with Crippen molar-refractivity contribution in [2.24, 2.45) is 0 Å². The third-order valence-corrected chi connectivity index (χ3v) is 5.54. The van der Waals surface area contributed by atoms with Gasteiger partial charge in [0.05, 0.1) is 0 Å². The van der Waals surface area contributed by atoms with E-state index in [2.05, 4.69) is 99.6 Å². The number of rotatable bonds is 1. The number of benzene rings is 5. The lowest BCUT2D eigenvalue weighted by molar-refractivity contribution is 1.46. The Balaban J connectivity index is 0.000000165. The second-order valence-electron chi connectivity index (χ2n) is 7.60. The minimum atomic E-state index is 1.27. The van der Waals surface area contributed by atoms with Gasteiger partial charge >= 0.3 is 0 Å². The molecular formula is C28H26. The summed E-state index contributed by atoms with van der Waals surface area (Å²) < 4.78 is 0. The lowest BCUT2D eigenvalue weighted by Crippen LogP contribution is -1.87. The molecule has 5 aromatic carbocycles. The second-order valence-corrected chi connectivity index (χ2v) is 7.60. The van der Waals surface area contributed by atoms with Crippen molar-refractivity contribution >= 4 is 38.4 Å². The third-order valence-electron chi connectivity index (χ3n) is 5.54. The smallest absolute Gasteiger partial charge is 0.00240 e. The van der Waals surface area contributed by atoms with Crippen molar-refractivity contribution < 1.29 is 0 Å². The van der Waals surface area contributed by atoms with Crippen LogP contribution < -0.4 is 0 Å². The van der Waals surface area contributed by atoms with Crippen LogP contribution in [0.4, 0.5) is 0 Å². The largest absolute Gasteiger partial charge is 0.0871 e. The van der Waals surface area contributed by atoms with Gasteiger partial charge in [0, 0.05) is 0 Å². The molecule has 0 aliphatic rings. The Morgan fingerprint density at radius 3 is 1.46 bits per heavy atom. The Hall–Kier alpha value is -3.12. The summed E-state index contributed by atoms with van der Waals surface area (Å²) in [6.07, 6.45) is 4.14. The molecule has 0 saturated carbocycles. The first kappa shape index (κ1) is 18.3. The van der Waals surface area contributed by atoms with Crippen molar-refractivity contribution in [1.29, 1.82) is 0 Å². The zero-order valence-electron chi connectivity index (χ0n) is 17.1. The number of hydrogen-bond acceptors (Lipinski definition) is 0. The van der Waals surface area contributed by atoms with Crippen molar-refractivity contribution in [1.82, 2.24) is 0 Å².